The smallest absolute Gasteiger partial charge is 0.124 e. The Morgan fingerprint density at radius 2 is 2.10 bits per heavy atom. The quantitative estimate of drug-likeness (QED) is 0.888. The predicted molar refractivity (Wildman–Crippen MR) is 78.1 cm³/mol. The Kier molecular flexibility index (Phi) is 5.00. The van der Waals surface area contributed by atoms with E-state index in [0.717, 1.165) is 17.0 Å². The van der Waals surface area contributed by atoms with Crippen molar-refractivity contribution in [2.75, 3.05) is 20.8 Å². The van der Waals surface area contributed by atoms with Gasteiger partial charge in [0.1, 0.15) is 5.75 Å². The number of ether oxygens (including phenoxy) is 2. The van der Waals surface area contributed by atoms with Gasteiger partial charge in [-0.15, -0.1) is 0 Å². The first-order valence-corrected chi connectivity index (χ1v) is 6.65. The van der Waals surface area contributed by atoms with E-state index < -0.39 is 6.04 Å². The van der Waals surface area contributed by atoms with E-state index in [0.29, 0.717) is 18.2 Å². The largest absolute Gasteiger partial charge is 0.496 e. The molecule has 0 radical (unpaired) electrons. The maximum absolute atomic E-state index is 6.34. The van der Waals surface area contributed by atoms with Crippen LogP contribution in [0, 0.1) is 0 Å². The Hall–Kier alpha value is -1.56. The second-order valence-electron chi connectivity index (χ2n) is 4.31. The molecule has 0 aliphatic rings. The molecule has 1 unspecified atom stereocenters. The number of nitrogens with zero attached hydrogens (tertiary/aromatic N) is 2. The van der Waals surface area contributed by atoms with Crippen LogP contribution in [0.1, 0.15) is 17.3 Å². The minimum atomic E-state index is -0.405. The molecule has 0 saturated carbocycles. The van der Waals surface area contributed by atoms with Crippen molar-refractivity contribution in [1.29, 1.82) is 0 Å². The van der Waals surface area contributed by atoms with Crippen LogP contribution in [0.25, 0.3) is 0 Å². The fourth-order valence-electron chi connectivity index (χ4n) is 2.11. The summed E-state index contributed by atoms with van der Waals surface area (Å²) in [4.78, 5) is 0. The molecule has 2 rings (SSSR count). The van der Waals surface area contributed by atoms with Gasteiger partial charge < -0.3 is 15.2 Å². The minimum absolute atomic E-state index is 0.405. The van der Waals surface area contributed by atoms with Gasteiger partial charge in [-0.3, -0.25) is 4.68 Å². The standard InChI is InChI=1S/C14H18ClN3O2/c1-19-8-7-18-14(11(15)9-17-18)13(16)10-5-3-4-6-12(10)20-2/h3-6,9,13H,7-8,16H2,1-2H3. The lowest BCUT2D eigenvalue weighted by Crippen LogP contribution is -2.20. The van der Waals surface area contributed by atoms with Crippen LogP contribution in [0.15, 0.2) is 30.5 Å². The average molecular weight is 296 g/mol. The van der Waals surface area contributed by atoms with E-state index in [4.69, 9.17) is 26.8 Å². The van der Waals surface area contributed by atoms with Gasteiger partial charge in [0, 0.05) is 12.7 Å². The number of halogens is 1. The van der Waals surface area contributed by atoms with E-state index in [2.05, 4.69) is 5.10 Å². The Balaban J connectivity index is 2.37. The Bertz CT molecular complexity index is 571. The van der Waals surface area contributed by atoms with Crippen molar-refractivity contribution in [2.24, 2.45) is 5.73 Å². The fourth-order valence-corrected chi connectivity index (χ4v) is 2.37. The van der Waals surface area contributed by atoms with Crippen LogP contribution in [0.2, 0.25) is 5.02 Å². The summed E-state index contributed by atoms with van der Waals surface area (Å²) in [6, 6.07) is 7.21. The molecule has 1 heterocycles. The molecule has 6 heteroatoms. The second-order valence-corrected chi connectivity index (χ2v) is 4.72. The molecule has 0 fully saturated rings. The van der Waals surface area contributed by atoms with E-state index in [9.17, 15) is 0 Å². The molecule has 0 aliphatic heterocycles. The lowest BCUT2D eigenvalue weighted by Gasteiger charge is -2.17. The maximum atomic E-state index is 6.34. The normalized spacial score (nSPS) is 12.4. The highest BCUT2D eigenvalue weighted by Crippen LogP contribution is 2.31. The molecule has 0 bridgehead atoms. The van der Waals surface area contributed by atoms with E-state index in [1.165, 1.54) is 0 Å². The SMILES string of the molecule is COCCn1ncc(Cl)c1C(N)c1ccccc1OC. The highest BCUT2D eigenvalue weighted by molar-refractivity contribution is 6.31. The van der Waals surface area contributed by atoms with E-state index in [1.54, 1.807) is 25.1 Å². The van der Waals surface area contributed by atoms with Gasteiger partial charge >= 0.3 is 0 Å². The predicted octanol–water partition coefficient (Wildman–Crippen LogP) is 2.24. The van der Waals surface area contributed by atoms with E-state index >= 15 is 0 Å². The van der Waals surface area contributed by atoms with Crippen molar-refractivity contribution in [3.05, 3.63) is 46.7 Å². The summed E-state index contributed by atoms with van der Waals surface area (Å²) < 4.78 is 12.2. The number of rotatable bonds is 6. The van der Waals surface area contributed by atoms with Gasteiger partial charge in [0.2, 0.25) is 0 Å². The summed E-state index contributed by atoms with van der Waals surface area (Å²) in [7, 11) is 3.26. The van der Waals surface area contributed by atoms with Gasteiger partial charge in [-0.05, 0) is 6.07 Å². The van der Waals surface area contributed by atoms with Crippen molar-refractivity contribution in [3.63, 3.8) is 0 Å². The third-order valence-electron chi connectivity index (χ3n) is 3.11. The zero-order valence-electron chi connectivity index (χ0n) is 11.5. The average Bonchev–Trinajstić information content (AvgIpc) is 2.85. The van der Waals surface area contributed by atoms with Gasteiger partial charge in [-0.25, -0.2) is 0 Å². The number of nitrogens with two attached hydrogens (primary N) is 1. The van der Waals surface area contributed by atoms with Crippen molar-refractivity contribution in [3.8, 4) is 5.75 Å². The summed E-state index contributed by atoms with van der Waals surface area (Å²) in [6.07, 6.45) is 1.60. The summed E-state index contributed by atoms with van der Waals surface area (Å²) in [5.74, 6) is 0.732. The number of aromatic nitrogens is 2. The van der Waals surface area contributed by atoms with Gasteiger partial charge in [0.05, 0.1) is 43.2 Å². The third-order valence-corrected chi connectivity index (χ3v) is 3.40. The highest BCUT2D eigenvalue weighted by Gasteiger charge is 2.21. The van der Waals surface area contributed by atoms with Gasteiger partial charge in [-0.1, -0.05) is 29.8 Å². The molecule has 5 nitrogen and oxygen atoms in total. The molecular weight excluding hydrogens is 278 g/mol. The number of hydrogen-bond acceptors (Lipinski definition) is 4. The van der Waals surface area contributed by atoms with Crippen LogP contribution in [0.4, 0.5) is 0 Å². The topological polar surface area (TPSA) is 62.3 Å². The summed E-state index contributed by atoms with van der Waals surface area (Å²) in [5, 5.41) is 4.78. The molecule has 1 aromatic heterocycles. The fraction of sp³-hybridized carbons (Fsp3) is 0.357. The lowest BCUT2D eigenvalue weighted by atomic mass is 10.0. The first-order valence-electron chi connectivity index (χ1n) is 6.27. The number of hydrogen-bond donors (Lipinski definition) is 1. The third kappa shape index (κ3) is 2.95. The van der Waals surface area contributed by atoms with Crippen LogP contribution < -0.4 is 10.5 Å². The van der Waals surface area contributed by atoms with E-state index in [1.807, 2.05) is 24.3 Å². The van der Waals surface area contributed by atoms with Crippen LogP contribution in [0.5, 0.6) is 5.75 Å². The van der Waals surface area contributed by atoms with Crippen LogP contribution in [-0.4, -0.2) is 30.6 Å². The van der Waals surface area contributed by atoms with Crippen LogP contribution in [-0.2, 0) is 11.3 Å². The summed E-state index contributed by atoms with van der Waals surface area (Å²) in [6.45, 7) is 1.14. The van der Waals surface area contributed by atoms with Crippen molar-refractivity contribution >= 4 is 11.6 Å². The monoisotopic (exact) mass is 295 g/mol. The van der Waals surface area contributed by atoms with Crippen LogP contribution in [0.3, 0.4) is 0 Å². The van der Waals surface area contributed by atoms with Crippen molar-refractivity contribution in [2.45, 2.75) is 12.6 Å². The first kappa shape index (κ1) is 14.8. The molecule has 1 atom stereocenters. The zero-order valence-corrected chi connectivity index (χ0v) is 12.3. The number of methoxy groups -OCH3 is 2. The van der Waals surface area contributed by atoms with Crippen LogP contribution >= 0.6 is 11.6 Å². The molecule has 2 aromatic rings. The van der Waals surface area contributed by atoms with Crippen molar-refractivity contribution in [1.82, 2.24) is 9.78 Å². The Labute approximate surface area is 123 Å². The molecular formula is C14H18ClN3O2. The molecule has 0 spiro atoms. The minimum Gasteiger partial charge on any atom is -0.496 e. The molecule has 0 amide bonds. The Morgan fingerprint density at radius 1 is 1.35 bits per heavy atom. The molecule has 108 valence electrons. The summed E-state index contributed by atoms with van der Waals surface area (Å²) >= 11 is 6.22. The van der Waals surface area contributed by atoms with E-state index in [-0.39, 0.29) is 0 Å². The summed E-state index contributed by atoms with van der Waals surface area (Å²) in [5.41, 5.74) is 7.97. The number of para-hydroxylation sites is 1. The molecule has 0 aliphatic carbocycles. The van der Waals surface area contributed by atoms with Crippen molar-refractivity contribution < 1.29 is 9.47 Å². The lowest BCUT2D eigenvalue weighted by molar-refractivity contribution is 0.182. The van der Waals surface area contributed by atoms with Gasteiger partial charge in [0.25, 0.3) is 0 Å². The second kappa shape index (κ2) is 6.74. The maximum Gasteiger partial charge on any atom is 0.124 e. The molecule has 1 aromatic carbocycles. The van der Waals surface area contributed by atoms with Gasteiger partial charge in [-0.2, -0.15) is 5.10 Å². The molecule has 0 saturated heterocycles. The molecule has 20 heavy (non-hydrogen) atoms. The number of benzene rings is 1. The first-order chi connectivity index (χ1) is 9.69. The molecule has 2 N–H and O–H groups in total. The Morgan fingerprint density at radius 3 is 2.80 bits per heavy atom. The van der Waals surface area contributed by atoms with Gasteiger partial charge in [0.15, 0.2) is 0 Å². The highest BCUT2D eigenvalue weighted by atomic mass is 35.5. The zero-order chi connectivity index (χ0) is 14.5.